The zero-order valence-corrected chi connectivity index (χ0v) is 14.0. The lowest BCUT2D eigenvalue weighted by Gasteiger charge is -2.20. The molecule has 1 N–H and O–H groups in total. The van der Waals surface area contributed by atoms with E-state index in [4.69, 9.17) is 5.10 Å². The summed E-state index contributed by atoms with van der Waals surface area (Å²) in [5.74, 6) is 0.255. The molecule has 2 aromatic carbocycles. The van der Waals surface area contributed by atoms with Crippen molar-refractivity contribution in [1.82, 2.24) is 9.78 Å². The SMILES string of the molecule is Cc1ccc(-c2nn(-c3ccccc3)c(C(C)(C)C)c2O)cc1. The predicted molar refractivity (Wildman–Crippen MR) is 94.1 cm³/mol. The predicted octanol–water partition coefficient (Wildman–Crippen LogP) is 4.85. The second-order valence-electron chi connectivity index (χ2n) is 6.91. The number of hydrogen-bond acceptors (Lipinski definition) is 2. The van der Waals surface area contributed by atoms with E-state index in [0.29, 0.717) is 5.69 Å². The Kier molecular flexibility index (Phi) is 3.72. The minimum Gasteiger partial charge on any atom is -0.504 e. The lowest BCUT2D eigenvalue weighted by molar-refractivity contribution is 0.440. The maximum atomic E-state index is 10.8. The first-order valence-corrected chi connectivity index (χ1v) is 7.83. The Balaban J connectivity index is 2.24. The number of para-hydroxylation sites is 1. The maximum Gasteiger partial charge on any atom is 0.166 e. The zero-order valence-electron chi connectivity index (χ0n) is 14.0. The molecule has 0 unspecified atom stereocenters. The van der Waals surface area contributed by atoms with Gasteiger partial charge in [0.2, 0.25) is 0 Å². The van der Waals surface area contributed by atoms with Crippen molar-refractivity contribution in [3.8, 4) is 22.7 Å². The van der Waals surface area contributed by atoms with Crippen molar-refractivity contribution in [1.29, 1.82) is 0 Å². The minimum atomic E-state index is -0.226. The third kappa shape index (κ3) is 2.87. The van der Waals surface area contributed by atoms with Crippen molar-refractivity contribution < 1.29 is 5.11 Å². The molecular weight excluding hydrogens is 284 g/mol. The van der Waals surface area contributed by atoms with E-state index in [0.717, 1.165) is 16.9 Å². The summed E-state index contributed by atoms with van der Waals surface area (Å²) in [5.41, 5.74) is 4.28. The first kappa shape index (κ1) is 15.3. The van der Waals surface area contributed by atoms with Crippen LogP contribution in [0.1, 0.15) is 32.0 Å². The Morgan fingerprint density at radius 3 is 2.09 bits per heavy atom. The van der Waals surface area contributed by atoms with Gasteiger partial charge in [-0.05, 0) is 19.1 Å². The summed E-state index contributed by atoms with van der Waals surface area (Å²) >= 11 is 0. The van der Waals surface area contributed by atoms with Gasteiger partial charge in [0.15, 0.2) is 5.75 Å². The summed E-state index contributed by atoms with van der Waals surface area (Å²) in [7, 11) is 0. The number of hydrogen-bond donors (Lipinski definition) is 1. The van der Waals surface area contributed by atoms with Gasteiger partial charge in [0.05, 0.1) is 11.4 Å². The Labute approximate surface area is 137 Å². The second-order valence-corrected chi connectivity index (χ2v) is 6.91. The molecule has 0 bridgehead atoms. The van der Waals surface area contributed by atoms with E-state index in [1.54, 1.807) is 0 Å². The number of nitrogens with zero attached hydrogens (tertiary/aromatic N) is 2. The molecule has 0 saturated carbocycles. The zero-order chi connectivity index (χ0) is 16.6. The number of aromatic nitrogens is 2. The highest BCUT2D eigenvalue weighted by atomic mass is 16.3. The van der Waals surface area contributed by atoms with Crippen molar-refractivity contribution >= 4 is 0 Å². The molecule has 0 fully saturated rings. The Hall–Kier alpha value is -2.55. The molecule has 0 radical (unpaired) electrons. The second kappa shape index (κ2) is 5.58. The quantitative estimate of drug-likeness (QED) is 0.735. The fourth-order valence-electron chi connectivity index (χ4n) is 2.74. The van der Waals surface area contributed by atoms with Crippen LogP contribution in [0.2, 0.25) is 0 Å². The monoisotopic (exact) mass is 306 g/mol. The van der Waals surface area contributed by atoms with Crippen molar-refractivity contribution in [2.24, 2.45) is 0 Å². The molecule has 3 heteroatoms. The molecule has 0 spiro atoms. The molecule has 3 aromatic rings. The molecule has 1 heterocycles. The molecule has 0 atom stereocenters. The maximum absolute atomic E-state index is 10.8. The minimum absolute atomic E-state index is 0.226. The number of aryl methyl sites for hydroxylation is 1. The molecule has 1 aromatic heterocycles. The summed E-state index contributed by atoms with van der Waals surface area (Å²) in [6.45, 7) is 8.30. The number of aromatic hydroxyl groups is 1. The summed E-state index contributed by atoms with van der Waals surface area (Å²) in [6, 6.07) is 18.0. The van der Waals surface area contributed by atoms with Crippen LogP contribution < -0.4 is 0 Å². The highest BCUT2D eigenvalue weighted by Gasteiger charge is 2.28. The van der Waals surface area contributed by atoms with Crippen molar-refractivity contribution in [2.45, 2.75) is 33.1 Å². The van der Waals surface area contributed by atoms with Gasteiger partial charge < -0.3 is 5.11 Å². The first-order valence-electron chi connectivity index (χ1n) is 7.83. The van der Waals surface area contributed by atoms with E-state index in [1.165, 1.54) is 5.56 Å². The standard InChI is InChI=1S/C20H22N2O/c1-14-10-12-15(13-11-14)17-18(23)19(20(2,3)4)22(21-17)16-8-6-5-7-9-16/h5-13,23H,1-4H3. The molecule has 3 nitrogen and oxygen atoms in total. The largest absolute Gasteiger partial charge is 0.504 e. The van der Waals surface area contributed by atoms with Gasteiger partial charge in [-0.1, -0.05) is 68.8 Å². The molecule has 23 heavy (non-hydrogen) atoms. The van der Waals surface area contributed by atoms with Crippen LogP contribution in [0.3, 0.4) is 0 Å². The van der Waals surface area contributed by atoms with Gasteiger partial charge in [0, 0.05) is 11.0 Å². The van der Waals surface area contributed by atoms with Gasteiger partial charge in [0.25, 0.3) is 0 Å². The van der Waals surface area contributed by atoms with Crippen LogP contribution in [0.15, 0.2) is 54.6 Å². The van der Waals surface area contributed by atoms with Crippen LogP contribution in [0.5, 0.6) is 5.75 Å². The molecule has 0 aliphatic carbocycles. The van der Waals surface area contributed by atoms with Crippen LogP contribution in [0, 0.1) is 6.92 Å². The molecule has 0 aliphatic heterocycles. The van der Waals surface area contributed by atoms with Crippen LogP contribution in [0.4, 0.5) is 0 Å². The lowest BCUT2D eigenvalue weighted by atomic mass is 9.90. The Bertz CT molecular complexity index is 809. The summed E-state index contributed by atoms with van der Waals surface area (Å²) in [5, 5.41) is 15.6. The first-order chi connectivity index (χ1) is 10.9. The summed E-state index contributed by atoms with van der Waals surface area (Å²) in [4.78, 5) is 0. The van der Waals surface area contributed by atoms with Gasteiger partial charge in [-0.15, -0.1) is 0 Å². The summed E-state index contributed by atoms with van der Waals surface area (Å²) < 4.78 is 1.85. The lowest BCUT2D eigenvalue weighted by Crippen LogP contribution is -2.17. The van der Waals surface area contributed by atoms with E-state index in [2.05, 4.69) is 20.8 Å². The van der Waals surface area contributed by atoms with E-state index >= 15 is 0 Å². The number of rotatable bonds is 2. The molecule has 0 saturated heterocycles. The van der Waals surface area contributed by atoms with E-state index in [9.17, 15) is 5.11 Å². The van der Waals surface area contributed by atoms with Gasteiger partial charge in [-0.25, -0.2) is 4.68 Å². The molecular formula is C20H22N2O. The smallest absolute Gasteiger partial charge is 0.166 e. The topological polar surface area (TPSA) is 38.0 Å². The average Bonchev–Trinajstić information content (AvgIpc) is 2.86. The van der Waals surface area contributed by atoms with Crippen molar-refractivity contribution in [2.75, 3.05) is 0 Å². The number of benzene rings is 2. The van der Waals surface area contributed by atoms with Crippen LogP contribution >= 0.6 is 0 Å². The molecule has 118 valence electrons. The van der Waals surface area contributed by atoms with Crippen LogP contribution in [0.25, 0.3) is 16.9 Å². The fourth-order valence-corrected chi connectivity index (χ4v) is 2.74. The highest BCUT2D eigenvalue weighted by molar-refractivity contribution is 5.69. The van der Waals surface area contributed by atoms with Gasteiger partial charge in [-0.3, -0.25) is 0 Å². The van der Waals surface area contributed by atoms with E-state index in [-0.39, 0.29) is 11.2 Å². The third-order valence-electron chi connectivity index (χ3n) is 3.90. The highest BCUT2D eigenvalue weighted by Crippen LogP contribution is 2.39. The average molecular weight is 306 g/mol. The normalized spacial score (nSPS) is 11.7. The van der Waals surface area contributed by atoms with Crippen LogP contribution in [-0.4, -0.2) is 14.9 Å². The fraction of sp³-hybridized carbons (Fsp3) is 0.250. The van der Waals surface area contributed by atoms with Crippen LogP contribution in [-0.2, 0) is 5.41 Å². The Morgan fingerprint density at radius 2 is 1.52 bits per heavy atom. The van der Waals surface area contributed by atoms with E-state index in [1.807, 2.05) is 66.2 Å². The molecule has 3 rings (SSSR count). The van der Waals surface area contributed by atoms with E-state index < -0.39 is 0 Å². The van der Waals surface area contributed by atoms with Crippen molar-refractivity contribution in [3.63, 3.8) is 0 Å². The van der Waals surface area contributed by atoms with Gasteiger partial charge in [0.1, 0.15) is 5.69 Å². The van der Waals surface area contributed by atoms with Gasteiger partial charge >= 0.3 is 0 Å². The Morgan fingerprint density at radius 1 is 0.913 bits per heavy atom. The summed E-state index contributed by atoms with van der Waals surface area (Å²) in [6.07, 6.45) is 0. The third-order valence-corrected chi connectivity index (χ3v) is 3.90. The van der Waals surface area contributed by atoms with Gasteiger partial charge in [-0.2, -0.15) is 5.10 Å². The molecule has 0 aliphatic rings. The van der Waals surface area contributed by atoms with Crippen molar-refractivity contribution in [3.05, 3.63) is 65.9 Å². The molecule has 0 amide bonds.